The second-order valence-corrected chi connectivity index (χ2v) is 7.57. The molecule has 0 spiro atoms. The Morgan fingerprint density at radius 1 is 1.17 bits per heavy atom. The van der Waals surface area contributed by atoms with Crippen molar-refractivity contribution in [3.63, 3.8) is 0 Å². The van der Waals surface area contributed by atoms with Gasteiger partial charge in [0, 0.05) is 11.6 Å². The molecule has 0 saturated carbocycles. The van der Waals surface area contributed by atoms with E-state index in [9.17, 15) is 8.42 Å². The number of anilines is 2. The number of halogens is 1. The third kappa shape index (κ3) is 4.72. The van der Waals surface area contributed by atoms with Gasteiger partial charge in [-0.3, -0.25) is 4.72 Å². The number of nitrogens with zero attached hydrogens (tertiary/aromatic N) is 2. The molecule has 0 bridgehead atoms. The lowest BCUT2D eigenvalue weighted by molar-refractivity contribution is 0.403. The number of nitrogens with one attached hydrogen (secondary N) is 2. The summed E-state index contributed by atoms with van der Waals surface area (Å²) in [5.74, 6) is 1.33. The minimum atomic E-state index is -3.90. The van der Waals surface area contributed by atoms with E-state index in [-0.39, 0.29) is 21.5 Å². The van der Waals surface area contributed by atoms with Crippen molar-refractivity contribution in [1.29, 1.82) is 0 Å². The molecule has 1 heterocycles. The van der Waals surface area contributed by atoms with Crippen molar-refractivity contribution in [2.24, 2.45) is 5.92 Å². The van der Waals surface area contributed by atoms with Gasteiger partial charge in [-0.05, 0) is 36.2 Å². The predicted octanol–water partition coefficient (Wildman–Crippen LogP) is 3.01. The van der Waals surface area contributed by atoms with Gasteiger partial charge in [0.05, 0.1) is 7.11 Å². The van der Waals surface area contributed by atoms with E-state index in [0.717, 1.165) is 6.54 Å². The van der Waals surface area contributed by atoms with Gasteiger partial charge in [-0.2, -0.15) is 0 Å². The maximum Gasteiger partial charge on any atom is 0.266 e. The Hall–Kier alpha value is -2.06. The van der Waals surface area contributed by atoms with Crippen molar-refractivity contribution in [1.82, 2.24) is 10.2 Å². The second kappa shape index (κ2) is 7.67. The first kappa shape index (κ1) is 18.3. The summed E-state index contributed by atoms with van der Waals surface area (Å²) in [5, 5.41) is 11.2. The molecule has 0 radical (unpaired) electrons. The fraction of sp³-hybridized carbons (Fsp3) is 0.333. The van der Waals surface area contributed by atoms with Gasteiger partial charge in [-0.15, -0.1) is 10.2 Å². The Morgan fingerprint density at radius 3 is 2.42 bits per heavy atom. The molecular formula is C15H19ClN4O3S. The average molecular weight is 371 g/mol. The van der Waals surface area contributed by atoms with Gasteiger partial charge in [0.15, 0.2) is 5.82 Å². The summed E-state index contributed by atoms with van der Waals surface area (Å²) < 4.78 is 32.4. The molecule has 1 aromatic carbocycles. The minimum absolute atomic E-state index is 0.0682. The van der Waals surface area contributed by atoms with Gasteiger partial charge in [0.1, 0.15) is 16.5 Å². The maximum atomic E-state index is 12.5. The third-order valence-corrected chi connectivity index (χ3v) is 4.62. The van der Waals surface area contributed by atoms with Crippen molar-refractivity contribution in [2.45, 2.75) is 18.7 Å². The zero-order chi connectivity index (χ0) is 17.7. The van der Waals surface area contributed by atoms with Crippen molar-refractivity contribution in [3.8, 4) is 5.75 Å². The Balaban J connectivity index is 2.19. The molecule has 9 heteroatoms. The lowest BCUT2D eigenvalue weighted by Gasteiger charge is -2.12. The second-order valence-electron chi connectivity index (χ2n) is 5.48. The number of methoxy groups -OCH3 is 1. The van der Waals surface area contributed by atoms with E-state index in [2.05, 4.69) is 34.1 Å². The quantitative estimate of drug-likeness (QED) is 0.778. The van der Waals surface area contributed by atoms with E-state index < -0.39 is 10.0 Å². The standard InChI is InChI=1S/C15H19ClN4O3S/c1-10(2)9-17-14-6-7-15(19-18-14)20-24(21,22)13-8-11(16)4-5-12(13)23-3/h4-8,10H,9H2,1-3H3,(H,17,18)(H,19,20). The van der Waals surface area contributed by atoms with E-state index in [1.54, 1.807) is 12.1 Å². The molecule has 0 atom stereocenters. The molecule has 2 aromatic rings. The van der Waals surface area contributed by atoms with Crippen LogP contribution in [-0.2, 0) is 10.0 Å². The van der Waals surface area contributed by atoms with Gasteiger partial charge >= 0.3 is 0 Å². The van der Waals surface area contributed by atoms with Gasteiger partial charge in [-0.25, -0.2) is 8.42 Å². The number of sulfonamides is 1. The summed E-state index contributed by atoms with van der Waals surface area (Å²) in [6.45, 7) is 4.89. The summed E-state index contributed by atoms with van der Waals surface area (Å²) >= 11 is 5.88. The molecule has 2 rings (SSSR count). The van der Waals surface area contributed by atoms with Crippen molar-refractivity contribution in [2.75, 3.05) is 23.7 Å². The fourth-order valence-electron chi connectivity index (χ4n) is 1.84. The first-order chi connectivity index (χ1) is 11.3. The number of rotatable bonds is 7. The van der Waals surface area contributed by atoms with Gasteiger partial charge in [0.2, 0.25) is 0 Å². The first-order valence-corrected chi connectivity index (χ1v) is 9.12. The predicted molar refractivity (Wildman–Crippen MR) is 94.2 cm³/mol. The van der Waals surface area contributed by atoms with Crippen LogP contribution in [0, 0.1) is 5.92 Å². The van der Waals surface area contributed by atoms with E-state index in [0.29, 0.717) is 11.7 Å². The molecule has 24 heavy (non-hydrogen) atoms. The molecule has 0 fully saturated rings. The number of hydrogen-bond acceptors (Lipinski definition) is 6. The molecule has 0 aliphatic rings. The zero-order valence-electron chi connectivity index (χ0n) is 13.6. The highest BCUT2D eigenvalue weighted by atomic mass is 35.5. The van der Waals surface area contributed by atoms with Crippen LogP contribution in [-0.4, -0.2) is 32.3 Å². The Bertz CT molecular complexity index is 795. The summed E-state index contributed by atoms with van der Waals surface area (Å²) in [6, 6.07) is 7.54. The smallest absolute Gasteiger partial charge is 0.266 e. The highest BCUT2D eigenvalue weighted by Crippen LogP contribution is 2.28. The van der Waals surface area contributed by atoms with E-state index in [4.69, 9.17) is 16.3 Å². The van der Waals surface area contributed by atoms with Crippen LogP contribution >= 0.6 is 11.6 Å². The molecule has 2 N–H and O–H groups in total. The van der Waals surface area contributed by atoms with Crippen LogP contribution < -0.4 is 14.8 Å². The van der Waals surface area contributed by atoms with Gasteiger partial charge < -0.3 is 10.1 Å². The van der Waals surface area contributed by atoms with Crippen LogP contribution in [0.5, 0.6) is 5.75 Å². The third-order valence-electron chi connectivity index (χ3n) is 3.01. The number of aromatic nitrogens is 2. The van der Waals surface area contributed by atoms with Crippen LogP contribution in [0.4, 0.5) is 11.6 Å². The topological polar surface area (TPSA) is 93.2 Å². The molecule has 0 amide bonds. The molecule has 0 unspecified atom stereocenters. The maximum absolute atomic E-state index is 12.5. The molecular weight excluding hydrogens is 352 g/mol. The minimum Gasteiger partial charge on any atom is -0.495 e. The number of benzene rings is 1. The Morgan fingerprint density at radius 2 is 1.83 bits per heavy atom. The van der Waals surface area contributed by atoms with Crippen molar-refractivity contribution >= 4 is 33.3 Å². The molecule has 0 aliphatic carbocycles. The summed E-state index contributed by atoms with van der Waals surface area (Å²) in [5.41, 5.74) is 0. The Kier molecular flexibility index (Phi) is 5.84. The lowest BCUT2D eigenvalue weighted by Crippen LogP contribution is -2.16. The molecule has 1 aromatic heterocycles. The van der Waals surface area contributed by atoms with Gasteiger partial charge in [0.25, 0.3) is 10.0 Å². The number of ether oxygens (including phenoxy) is 1. The highest BCUT2D eigenvalue weighted by molar-refractivity contribution is 7.92. The average Bonchev–Trinajstić information content (AvgIpc) is 2.54. The molecule has 0 saturated heterocycles. The van der Waals surface area contributed by atoms with Crippen LogP contribution in [0.3, 0.4) is 0 Å². The Labute approximate surface area is 146 Å². The van der Waals surface area contributed by atoms with Crippen molar-refractivity contribution in [3.05, 3.63) is 35.4 Å². The van der Waals surface area contributed by atoms with Gasteiger partial charge in [-0.1, -0.05) is 25.4 Å². The first-order valence-electron chi connectivity index (χ1n) is 7.26. The fourth-order valence-corrected chi connectivity index (χ4v) is 3.27. The van der Waals surface area contributed by atoms with Crippen LogP contribution in [0.15, 0.2) is 35.2 Å². The largest absolute Gasteiger partial charge is 0.495 e. The normalized spacial score (nSPS) is 11.4. The van der Waals surface area contributed by atoms with E-state index >= 15 is 0 Å². The summed E-state index contributed by atoms with van der Waals surface area (Å²) in [6.07, 6.45) is 0. The highest BCUT2D eigenvalue weighted by Gasteiger charge is 2.21. The lowest BCUT2D eigenvalue weighted by atomic mass is 10.2. The summed E-state index contributed by atoms with van der Waals surface area (Å²) in [4.78, 5) is -0.0682. The monoisotopic (exact) mass is 370 g/mol. The van der Waals surface area contributed by atoms with E-state index in [1.807, 2.05) is 0 Å². The van der Waals surface area contributed by atoms with Crippen molar-refractivity contribution < 1.29 is 13.2 Å². The van der Waals surface area contributed by atoms with Crippen LogP contribution in [0.25, 0.3) is 0 Å². The van der Waals surface area contributed by atoms with E-state index in [1.165, 1.54) is 25.3 Å². The van der Waals surface area contributed by atoms with Crippen LogP contribution in [0.1, 0.15) is 13.8 Å². The molecule has 0 aliphatic heterocycles. The van der Waals surface area contributed by atoms with Crippen LogP contribution in [0.2, 0.25) is 5.02 Å². The SMILES string of the molecule is COc1ccc(Cl)cc1S(=O)(=O)Nc1ccc(NCC(C)C)nn1. The molecule has 7 nitrogen and oxygen atoms in total. The molecule has 130 valence electrons. The zero-order valence-corrected chi connectivity index (χ0v) is 15.1. The summed E-state index contributed by atoms with van der Waals surface area (Å²) in [7, 11) is -2.51. The number of hydrogen-bond donors (Lipinski definition) is 2.